The van der Waals surface area contributed by atoms with Crippen molar-refractivity contribution in [2.75, 3.05) is 34.4 Å². The van der Waals surface area contributed by atoms with Gasteiger partial charge in [0.15, 0.2) is 0 Å². The van der Waals surface area contributed by atoms with E-state index < -0.39 is 59.3 Å². The van der Waals surface area contributed by atoms with Crippen LogP contribution >= 0.6 is 0 Å². The minimum Gasteiger partial charge on any atom is -0.540 e. The molecule has 0 N–H and O–H groups in total. The number of carbonyl (C=O) groups is 7. The van der Waals surface area contributed by atoms with Gasteiger partial charge < -0.3 is 62.0 Å². The Labute approximate surface area is 808 Å². The fourth-order valence-corrected chi connectivity index (χ4v) is 24.3. The third-order valence-electron chi connectivity index (χ3n) is 32.1. The minimum absolute atomic E-state index is 0. The molecule has 2 radical (unpaired) electrons. The van der Waals surface area contributed by atoms with Crippen molar-refractivity contribution in [2.45, 2.75) is 328 Å². The van der Waals surface area contributed by atoms with Crippen LogP contribution in [0.3, 0.4) is 0 Å². The summed E-state index contributed by atoms with van der Waals surface area (Å²) in [5.74, 6) is 2.00. The normalized spacial score (nSPS) is 31.6. The maximum Gasteiger partial charge on any atom is 0.306 e. The predicted molar refractivity (Wildman–Crippen MR) is 494 cm³/mol. The van der Waals surface area contributed by atoms with Gasteiger partial charge in [0.25, 0.3) is 0 Å². The molecule has 3 aromatic heterocycles. The molecule has 6 bridgehead atoms. The number of carbonyl (C=O) groups excluding carboxylic acids is 9. The van der Waals surface area contributed by atoms with Crippen LogP contribution < -0.4 is 28.4 Å². The van der Waals surface area contributed by atoms with Crippen LogP contribution in [0.4, 0.5) is 0 Å². The van der Waals surface area contributed by atoms with Crippen LogP contribution in [-0.4, -0.2) is 172 Å². The fourth-order valence-electron chi connectivity index (χ4n) is 24.3. The number of esters is 3. The standard InChI is InChI=1S/C38H51NO6.C35H46N3O6.C33H42N3O6.2V/c1-7-26-33-19-29(35(26)21(2)40)36(42)30(38(3,4)5)20-34(41)44-32-17-24-16-28(24)27(32)12-10-8-9-11-23-15-22-13-14-25(43-6)18-31(22)39-37(23)45-33;1-22-30(21-39)38-20-32(22)44-34-28(36-27-17-16-25(42-2)18-29(27)37-34)14-8-4-7-12-24-13-9-15-31(24)43-33(40)19-26(35(38)41)23-10-5-3-6-11-23;1-20-28(19-37)36-18-30(20)42-32-26(34-25-14-13-23(40-2)16-27(25)35-32)12-8-4-7-11-22-15-29(22)41-31(38)17-24(33(36)39)21-9-5-3-6-10-21;;/h13-15,18,24,26-30,32-33,35H,7-12,16-17,19-20H2,1-6H3;16-18,22-24,26,30-32H,3-15,19-20H2,1-2H3;13-14,16,20-22,24,28-30H,3-12,15,17-18H2,1-2H3;;/q;2*-1;;/t24?,26-,27-,28?,29?,30-,32-,33+,35-;22-,24+,26-,30+,31+,32-;20-,22+,24-,28+,29+,30-;;/m100../s1. The van der Waals surface area contributed by atoms with Gasteiger partial charge in [-0.1, -0.05) is 131 Å². The molecule has 18 rings (SSSR count). The summed E-state index contributed by atoms with van der Waals surface area (Å²) in [7, 11) is 4.89. The molecule has 0 spiro atoms. The number of nitrogens with zero attached hydrogens (tertiary/aromatic N) is 7. The first-order chi connectivity index (χ1) is 63.4. The van der Waals surface area contributed by atoms with Gasteiger partial charge in [-0.2, -0.15) is 0 Å². The molecular formula is C106H139N7O18V2-2. The quantitative estimate of drug-likeness (QED) is 0.0737. The van der Waals surface area contributed by atoms with Crippen molar-refractivity contribution in [1.29, 1.82) is 0 Å². The molecule has 12 aliphatic rings. The average Bonchev–Trinajstić information content (AvgIpc) is 1.59. The van der Waals surface area contributed by atoms with Gasteiger partial charge in [-0.25, -0.2) is 37.5 Å². The number of ketones is 2. The van der Waals surface area contributed by atoms with Crippen molar-refractivity contribution in [1.82, 2.24) is 34.7 Å². The van der Waals surface area contributed by atoms with E-state index in [2.05, 4.69) is 25.6 Å². The Hall–Kier alpha value is -8.25. The molecule has 27 heteroatoms. The zero-order valence-electron chi connectivity index (χ0n) is 79.8. The van der Waals surface area contributed by atoms with E-state index in [1.54, 1.807) is 38.1 Å². The molecule has 3 unspecified atom stereocenters. The Balaban J connectivity index is 0.000000159. The molecule has 718 valence electrons. The number of ether oxygens (including phenoxy) is 9. The number of methoxy groups -OCH3 is 3. The van der Waals surface area contributed by atoms with Crippen molar-refractivity contribution < 1.29 is 123 Å². The van der Waals surface area contributed by atoms with Crippen molar-refractivity contribution in [3.63, 3.8) is 0 Å². The summed E-state index contributed by atoms with van der Waals surface area (Å²) in [6.45, 7) is 14.0. The van der Waals surface area contributed by atoms with Crippen molar-refractivity contribution in [2.24, 2.45) is 94.2 Å². The first kappa shape index (κ1) is 101. The molecule has 21 atom stereocenters. The maximum atomic E-state index is 14.5. The zero-order valence-corrected chi connectivity index (χ0v) is 82.6. The van der Waals surface area contributed by atoms with E-state index >= 15 is 0 Å². The number of amides is 2. The average molecular weight is 1900 g/mol. The monoisotopic (exact) mass is 1900 g/mol. The Morgan fingerprint density at radius 3 is 1.40 bits per heavy atom. The number of benzene rings is 3. The Kier molecular flexibility index (Phi) is 34.3. The first-order valence-electron chi connectivity index (χ1n) is 50.0. The number of aryl methyl sites for hydroxylation is 3. The van der Waals surface area contributed by atoms with Gasteiger partial charge in [0.2, 0.25) is 29.5 Å². The van der Waals surface area contributed by atoms with Gasteiger partial charge >= 0.3 is 17.9 Å². The Morgan fingerprint density at radius 2 is 0.880 bits per heavy atom. The van der Waals surface area contributed by atoms with Gasteiger partial charge in [0, 0.05) is 89.9 Å². The number of rotatable bonds is 9. The number of pyridine rings is 1. The fraction of sp³-hybridized carbons (Fsp3) is 0.679. The number of hydrogen-bond acceptors (Lipinski definition) is 23. The SMILES string of the molecule is CC[C@@H]1[C@@H]2CC(C(=O)[C@H](C(C)(C)C)CC(=O)O[C@@H]3CC4CC4[C@H]3CCCCCc3cc4ccc(OC)cc4nc3O2)[C@@H]1C(C)=O.COc1ccc2nc3c(nc2c1)O[C@H]1CN(C(=O)[C@H](C2CCCCC2)CC(=O)O[C@@H]2CCC[C@H]2CCCCC3)[C@H]([C-]=O)[C@@H]1C.COc1ccc2nc3c(nc2c1)O[C@H]1CN(C(=O)[C@H](C2CCCCC2)CC(=O)O[C@@H]2C[C@H]2CCCCC3)[C@H]([C-]=O)[C@@H]1C.[V].[V]. The topological polar surface area (TPSA) is 308 Å². The van der Waals surface area contributed by atoms with Crippen LogP contribution in [0, 0.1) is 94.2 Å². The summed E-state index contributed by atoms with van der Waals surface area (Å²) in [5.41, 5.74) is 5.88. The van der Waals surface area contributed by atoms with Crippen LogP contribution in [-0.2, 0) is 114 Å². The van der Waals surface area contributed by atoms with Gasteiger partial charge in [-0.05, 0) is 243 Å². The number of fused-ring (bicyclic) bond motifs is 17. The smallest absolute Gasteiger partial charge is 0.306 e. The molecule has 6 aromatic rings. The molecule has 2 saturated heterocycles. The van der Waals surface area contributed by atoms with E-state index in [0.29, 0.717) is 95.4 Å². The molecule has 25 nitrogen and oxygen atoms in total. The zero-order chi connectivity index (χ0) is 91.9. The van der Waals surface area contributed by atoms with Crippen LogP contribution in [0.15, 0.2) is 60.7 Å². The molecule has 133 heavy (non-hydrogen) atoms. The summed E-state index contributed by atoms with van der Waals surface area (Å²) >= 11 is 0. The maximum absolute atomic E-state index is 14.5. The summed E-state index contributed by atoms with van der Waals surface area (Å²) < 4.78 is 54.4. The molecule has 5 aliphatic heterocycles. The largest absolute Gasteiger partial charge is 0.540 e. The van der Waals surface area contributed by atoms with Crippen LogP contribution in [0.1, 0.15) is 277 Å². The molecule has 3 aromatic carbocycles. The van der Waals surface area contributed by atoms with E-state index in [1.165, 1.54) is 6.42 Å². The van der Waals surface area contributed by atoms with Crippen LogP contribution in [0.5, 0.6) is 34.9 Å². The summed E-state index contributed by atoms with van der Waals surface area (Å²) in [4.78, 5) is 149. The van der Waals surface area contributed by atoms with E-state index in [0.717, 1.165) is 224 Å². The second kappa shape index (κ2) is 45.4. The molecule has 7 aliphatic carbocycles. The van der Waals surface area contributed by atoms with Gasteiger partial charge in [-0.3, -0.25) is 33.6 Å². The van der Waals surface area contributed by atoms with E-state index in [9.17, 15) is 43.2 Å². The van der Waals surface area contributed by atoms with E-state index in [1.807, 2.05) is 89.2 Å². The van der Waals surface area contributed by atoms with Crippen molar-refractivity contribution in [3.8, 4) is 34.9 Å². The second-order valence-electron chi connectivity index (χ2n) is 41.6. The summed E-state index contributed by atoms with van der Waals surface area (Å²) in [6, 6.07) is 17.9. The molecule has 9 fully saturated rings. The van der Waals surface area contributed by atoms with Crippen molar-refractivity contribution in [3.05, 3.63) is 77.6 Å². The third-order valence-corrected chi connectivity index (χ3v) is 32.1. The molecule has 7 saturated carbocycles. The first-order valence-corrected chi connectivity index (χ1v) is 50.0. The van der Waals surface area contributed by atoms with E-state index in [4.69, 9.17) is 67.6 Å². The molecular weight excluding hydrogens is 1760 g/mol. The number of aromatic nitrogens is 5. The van der Waals surface area contributed by atoms with Crippen LogP contribution in [0.2, 0.25) is 0 Å². The molecule has 2 amide bonds. The van der Waals surface area contributed by atoms with E-state index in [-0.39, 0.29) is 165 Å². The summed E-state index contributed by atoms with van der Waals surface area (Å²) in [6.07, 6.45) is 35.1. The summed E-state index contributed by atoms with van der Waals surface area (Å²) in [5, 5.41) is 1.04. The second-order valence-corrected chi connectivity index (χ2v) is 41.6. The van der Waals surface area contributed by atoms with Gasteiger partial charge in [0.1, 0.15) is 76.8 Å². The molecule has 8 heterocycles. The predicted octanol–water partition coefficient (Wildman–Crippen LogP) is 18.3. The third kappa shape index (κ3) is 23.6. The number of Topliss-reactive ketones (excluding diaryl/α,β-unsaturated/α-hetero) is 2. The minimum atomic E-state index is -0.757. The van der Waals surface area contributed by atoms with Crippen molar-refractivity contribution >= 4 is 86.8 Å². The van der Waals surface area contributed by atoms with Crippen LogP contribution in [0.25, 0.3) is 33.0 Å². The Morgan fingerprint density at radius 1 is 0.429 bits per heavy atom. The number of hydrogen-bond donors (Lipinski definition) is 0. The van der Waals surface area contributed by atoms with Gasteiger partial charge in [0.05, 0.1) is 93.1 Å². The Bertz CT molecular complexity index is 5090. The van der Waals surface area contributed by atoms with Gasteiger partial charge in [-0.15, -0.1) is 0 Å².